The normalized spacial score (nSPS) is 25.6. The molecule has 1 aromatic rings. The first kappa shape index (κ1) is 23.1. The molecule has 1 fully saturated rings. The number of rotatable bonds is 4. The Kier molecular flexibility index (Phi) is 6.24. The average molecular weight is 442 g/mol. The molecule has 0 aromatic heterocycles. The lowest BCUT2D eigenvalue weighted by Gasteiger charge is -2.36. The smallest absolute Gasteiger partial charge is 0.400 e. The second-order valence-corrected chi connectivity index (χ2v) is 11.7. The molecule has 3 nitrogen and oxygen atoms in total. The van der Waals surface area contributed by atoms with Gasteiger partial charge in [0.15, 0.2) is 0 Å². The standard InChI is InChI=1S/C26H37BClNO2/c1-24(2)14-11-20(23(17-24)19-7-9-22(28)10-8-19)18-29-15-12-21(13-16-29)27-30-25(3,4)26(5,6)31-27/h7-10,12H,11,13-18H2,1-6H3. The topological polar surface area (TPSA) is 21.7 Å². The van der Waals surface area contributed by atoms with Gasteiger partial charge in [-0.1, -0.05) is 49.2 Å². The molecule has 1 aliphatic carbocycles. The molecular formula is C26H37BClNO2. The van der Waals surface area contributed by atoms with Gasteiger partial charge < -0.3 is 9.31 Å². The Morgan fingerprint density at radius 2 is 1.61 bits per heavy atom. The monoisotopic (exact) mass is 441 g/mol. The van der Waals surface area contributed by atoms with Crippen LogP contribution in [0.5, 0.6) is 0 Å². The molecule has 4 rings (SSSR count). The number of nitrogens with zero attached hydrogens (tertiary/aromatic N) is 1. The summed E-state index contributed by atoms with van der Waals surface area (Å²) in [6.45, 7) is 16.3. The van der Waals surface area contributed by atoms with Gasteiger partial charge in [0.2, 0.25) is 0 Å². The largest absolute Gasteiger partial charge is 0.490 e. The SMILES string of the molecule is CC1(C)CCC(CN2CC=C(B3OC(C)(C)C(C)(C)O3)CC2)=C(c2ccc(Cl)cc2)C1. The first-order chi connectivity index (χ1) is 14.5. The first-order valence-electron chi connectivity index (χ1n) is 11.7. The second kappa shape index (κ2) is 8.37. The number of allylic oxidation sites excluding steroid dienone is 1. The Morgan fingerprint density at radius 3 is 2.19 bits per heavy atom. The van der Waals surface area contributed by atoms with Crippen molar-refractivity contribution in [2.75, 3.05) is 19.6 Å². The van der Waals surface area contributed by atoms with Gasteiger partial charge in [0.05, 0.1) is 11.2 Å². The highest BCUT2D eigenvalue weighted by Gasteiger charge is 2.52. The van der Waals surface area contributed by atoms with E-state index in [1.807, 2.05) is 12.1 Å². The van der Waals surface area contributed by atoms with E-state index in [4.69, 9.17) is 20.9 Å². The second-order valence-electron chi connectivity index (χ2n) is 11.3. The maximum Gasteiger partial charge on any atom is 0.490 e. The molecule has 3 aliphatic rings. The summed E-state index contributed by atoms with van der Waals surface area (Å²) < 4.78 is 12.5. The van der Waals surface area contributed by atoms with E-state index in [9.17, 15) is 0 Å². The van der Waals surface area contributed by atoms with Gasteiger partial charge in [0.1, 0.15) is 0 Å². The van der Waals surface area contributed by atoms with E-state index in [0.717, 1.165) is 37.5 Å². The third kappa shape index (κ3) is 4.98. The molecule has 2 heterocycles. The molecule has 0 N–H and O–H groups in total. The third-order valence-electron chi connectivity index (χ3n) is 7.68. The minimum atomic E-state index is -0.275. The van der Waals surface area contributed by atoms with Gasteiger partial charge in [-0.15, -0.1) is 0 Å². The van der Waals surface area contributed by atoms with Crippen molar-refractivity contribution in [1.82, 2.24) is 4.90 Å². The van der Waals surface area contributed by atoms with Gasteiger partial charge >= 0.3 is 7.12 Å². The Bertz CT molecular complexity index is 869. The molecule has 0 unspecified atom stereocenters. The number of hydrogen-bond acceptors (Lipinski definition) is 3. The summed E-state index contributed by atoms with van der Waals surface area (Å²) in [5, 5.41) is 0.803. The molecule has 0 spiro atoms. The van der Waals surface area contributed by atoms with E-state index in [2.05, 4.69) is 64.7 Å². The fraction of sp³-hybridized carbons (Fsp3) is 0.615. The molecule has 2 aliphatic heterocycles. The van der Waals surface area contributed by atoms with Crippen molar-refractivity contribution in [3.63, 3.8) is 0 Å². The van der Waals surface area contributed by atoms with Crippen LogP contribution >= 0.6 is 11.6 Å². The van der Waals surface area contributed by atoms with Gasteiger partial charge in [-0.05, 0) is 87.5 Å². The van der Waals surface area contributed by atoms with Crippen molar-refractivity contribution in [2.24, 2.45) is 5.41 Å². The molecular weight excluding hydrogens is 405 g/mol. The minimum Gasteiger partial charge on any atom is -0.400 e. The van der Waals surface area contributed by atoms with Crippen LogP contribution in [0.3, 0.4) is 0 Å². The van der Waals surface area contributed by atoms with Crippen LogP contribution in [0.4, 0.5) is 0 Å². The predicted octanol–water partition coefficient (Wildman–Crippen LogP) is 6.57. The van der Waals surface area contributed by atoms with Gasteiger partial charge in [0, 0.05) is 24.7 Å². The zero-order valence-corrected chi connectivity index (χ0v) is 20.8. The highest BCUT2D eigenvalue weighted by molar-refractivity contribution is 6.54. The lowest BCUT2D eigenvalue weighted by Crippen LogP contribution is -2.41. The molecule has 168 valence electrons. The van der Waals surface area contributed by atoms with Crippen LogP contribution in [-0.2, 0) is 9.31 Å². The quantitative estimate of drug-likeness (QED) is 0.493. The molecule has 0 saturated carbocycles. The summed E-state index contributed by atoms with van der Waals surface area (Å²) in [5.41, 5.74) is 5.54. The minimum absolute atomic E-state index is 0.202. The predicted molar refractivity (Wildman–Crippen MR) is 131 cm³/mol. The fourth-order valence-electron chi connectivity index (χ4n) is 4.81. The Hall–Kier alpha value is -1.07. The summed E-state index contributed by atoms with van der Waals surface area (Å²) in [6.07, 6.45) is 6.90. The summed E-state index contributed by atoms with van der Waals surface area (Å²) in [6, 6.07) is 8.41. The lowest BCUT2D eigenvalue weighted by atomic mass is 9.72. The molecule has 1 aromatic carbocycles. The Balaban J connectivity index is 1.48. The van der Waals surface area contributed by atoms with E-state index in [-0.39, 0.29) is 18.3 Å². The van der Waals surface area contributed by atoms with E-state index in [1.54, 1.807) is 5.57 Å². The molecule has 5 heteroatoms. The summed E-state index contributed by atoms with van der Waals surface area (Å²) in [5.74, 6) is 0. The van der Waals surface area contributed by atoms with Gasteiger partial charge in [0.25, 0.3) is 0 Å². The van der Waals surface area contributed by atoms with Crippen LogP contribution in [-0.4, -0.2) is 42.9 Å². The maximum atomic E-state index is 6.27. The van der Waals surface area contributed by atoms with Crippen LogP contribution in [0.25, 0.3) is 5.57 Å². The van der Waals surface area contributed by atoms with Crippen LogP contribution in [0.15, 0.2) is 41.4 Å². The van der Waals surface area contributed by atoms with Crippen LogP contribution < -0.4 is 0 Å². The van der Waals surface area contributed by atoms with Crippen molar-refractivity contribution in [3.8, 4) is 0 Å². The number of hydrogen-bond donors (Lipinski definition) is 0. The first-order valence-corrected chi connectivity index (χ1v) is 12.1. The Morgan fingerprint density at radius 1 is 0.968 bits per heavy atom. The Labute approximate surface area is 194 Å². The van der Waals surface area contributed by atoms with Gasteiger partial charge in [-0.3, -0.25) is 4.90 Å². The van der Waals surface area contributed by atoms with Crippen molar-refractivity contribution >= 4 is 24.3 Å². The molecule has 0 radical (unpaired) electrons. The zero-order valence-electron chi connectivity index (χ0n) is 20.1. The molecule has 0 atom stereocenters. The van der Waals surface area contributed by atoms with Gasteiger partial charge in [-0.2, -0.15) is 0 Å². The van der Waals surface area contributed by atoms with Crippen molar-refractivity contribution < 1.29 is 9.31 Å². The number of halogens is 1. The lowest BCUT2D eigenvalue weighted by molar-refractivity contribution is 0.00578. The van der Waals surface area contributed by atoms with Crippen LogP contribution in [0, 0.1) is 5.41 Å². The molecule has 0 bridgehead atoms. The summed E-state index contributed by atoms with van der Waals surface area (Å²) in [7, 11) is -0.202. The highest BCUT2D eigenvalue weighted by Crippen LogP contribution is 2.44. The summed E-state index contributed by atoms with van der Waals surface area (Å²) >= 11 is 6.15. The van der Waals surface area contributed by atoms with E-state index in [1.165, 1.54) is 29.5 Å². The fourth-order valence-corrected chi connectivity index (χ4v) is 4.94. The van der Waals surface area contributed by atoms with Crippen molar-refractivity contribution in [3.05, 3.63) is 52.0 Å². The molecule has 1 saturated heterocycles. The molecule has 0 amide bonds. The third-order valence-corrected chi connectivity index (χ3v) is 7.93. The highest BCUT2D eigenvalue weighted by atomic mass is 35.5. The zero-order chi connectivity index (χ0) is 22.4. The van der Waals surface area contributed by atoms with E-state index >= 15 is 0 Å². The van der Waals surface area contributed by atoms with Gasteiger partial charge in [-0.25, -0.2) is 0 Å². The van der Waals surface area contributed by atoms with Crippen LogP contribution in [0.1, 0.15) is 72.8 Å². The number of benzene rings is 1. The van der Waals surface area contributed by atoms with Crippen LogP contribution in [0.2, 0.25) is 5.02 Å². The molecule has 31 heavy (non-hydrogen) atoms. The van der Waals surface area contributed by atoms with Crippen molar-refractivity contribution in [1.29, 1.82) is 0 Å². The van der Waals surface area contributed by atoms with E-state index < -0.39 is 0 Å². The van der Waals surface area contributed by atoms with Crippen molar-refractivity contribution in [2.45, 2.75) is 78.4 Å². The van der Waals surface area contributed by atoms with E-state index in [0.29, 0.717) is 5.41 Å². The maximum absolute atomic E-state index is 6.27. The summed E-state index contributed by atoms with van der Waals surface area (Å²) in [4.78, 5) is 2.57. The average Bonchev–Trinajstić information content (AvgIpc) is 2.91.